The first-order valence-electron chi connectivity index (χ1n) is 5.11. The van der Waals surface area contributed by atoms with Gasteiger partial charge in [0.2, 0.25) is 0 Å². The van der Waals surface area contributed by atoms with E-state index in [-0.39, 0.29) is 12.6 Å². The minimum atomic E-state index is -0.713. The van der Waals surface area contributed by atoms with Crippen molar-refractivity contribution in [1.29, 1.82) is 0 Å². The van der Waals surface area contributed by atoms with Gasteiger partial charge in [0.15, 0.2) is 0 Å². The highest BCUT2D eigenvalue weighted by Gasteiger charge is 2.31. The van der Waals surface area contributed by atoms with E-state index in [1.807, 2.05) is 0 Å². The fraction of sp³-hybridized carbons (Fsp3) is 0.800. The summed E-state index contributed by atoms with van der Waals surface area (Å²) in [5, 5.41) is 2.58. The van der Waals surface area contributed by atoms with E-state index in [4.69, 9.17) is 9.47 Å². The van der Waals surface area contributed by atoms with Crippen LogP contribution in [0.3, 0.4) is 0 Å². The Morgan fingerprint density at radius 3 is 2.62 bits per heavy atom. The lowest BCUT2D eigenvalue weighted by molar-refractivity contribution is -0.0389. The number of carbonyl (C=O) groups is 2. The molecule has 1 amide bonds. The summed E-state index contributed by atoms with van der Waals surface area (Å²) in [5.74, 6) is 0. The molecule has 1 saturated heterocycles. The number of ether oxygens (including phenoxy) is 3. The van der Waals surface area contributed by atoms with Gasteiger partial charge in [-0.25, -0.2) is 9.59 Å². The Labute approximate surface area is 94.2 Å². The zero-order valence-corrected chi connectivity index (χ0v) is 9.90. The molecular weight excluding hydrogens is 214 g/mol. The first-order chi connectivity index (χ1) is 7.28. The van der Waals surface area contributed by atoms with E-state index in [9.17, 15) is 9.59 Å². The van der Waals surface area contributed by atoms with E-state index in [1.165, 1.54) is 0 Å². The standard InChI is InChI=1S/C10H17NO5/c1-6-7(5-14-9(13)15-6)11-8(12)16-10(2,3)4/h6-7H,5H2,1-4H3,(H,11,12)/t6-,7-/m1/s1. The van der Waals surface area contributed by atoms with Gasteiger partial charge in [-0.2, -0.15) is 0 Å². The van der Waals surface area contributed by atoms with Crippen LogP contribution in [0, 0.1) is 0 Å². The number of nitrogens with one attached hydrogen (secondary N) is 1. The second kappa shape index (κ2) is 4.59. The minimum absolute atomic E-state index is 0.0965. The molecule has 0 radical (unpaired) electrons. The van der Waals surface area contributed by atoms with E-state index in [2.05, 4.69) is 10.1 Å². The molecule has 0 bridgehead atoms. The molecule has 1 aliphatic rings. The molecule has 0 spiro atoms. The van der Waals surface area contributed by atoms with Crippen molar-refractivity contribution in [3.05, 3.63) is 0 Å². The summed E-state index contributed by atoms with van der Waals surface area (Å²) in [6.07, 6.45) is -1.69. The highest BCUT2D eigenvalue weighted by molar-refractivity contribution is 5.68. The monoisotopic (exact) mass is 231 g/mol. The highest BCUT2D eigenvalue weighted by atomic mass is 16.7. The van der Waals surface area contributed by atoms with Crippen LogP contribution >= 0.6 is 0 Å². The molecular formula is C10H17NO5. The smallest absolute Gasteiger partial charge is 0.444 e. The molecule has 1 aliphatic heterocycles. The van der Waals surface area contributed by atoms with Gasteiger partial charge in [-0.05, 0) is 27.7 Å². The molecule has 6 heteroatoms. The third kappa shape index (κ3) is 3.96. The van der Waals surface area contributed by atoms with Gasteiger partial charge in [0.1, 0.15) is 24.4 Å². The summed E-state index contributed by atoms with van der Waals surface area (Å²) in [6.45, 7) is 7.09. The number of hydrogen-bond acceptors (Lipinski definition) is 5. The second-order valence-corrected chi connectivity index (χ2v) is 4.64. The Balaban J connectivity index is 2.42. The SMILES string of the molecule is C[C@H]1OC(=O)OC[C@H]1NC(=O)OC(C)(C)C. The predicted octanol–water partition coefficient (Wildman–Crippen LogP) is 1.43. The molecule has 0 aliphatic carbocycles. The van der Waals surface area contributed by atoms with Crippen LogP contribution in [0.5, 0.6) is 0 Å². The van der Waals surface area contributed by atoms with Crippen LogP contribution in [0.1, 0.15) is 27.7 Å². The van der Waals surface area contributed by atoms with Crippen LogP contribution in [-0.4, -0.2) is 36.6 Å². The zero-order chi connectivity index (χ0) is 12.3. The molecule has 1 heterocycles. The number of amides is 1. The average molecular weight is 231 g/mol. The van der Waals surface area contributed by atoms with Gasteiger partial charge in [0, 0.05) is 0 Å². The van der Waals surface area contributed by atoms with Crippen molar-refractivity contribution in [3.8, 4) is 0 Å². The summed E-state index contributed by atoms with van der Waals surface area (Å²) in [7, 11) is 0. The van der Waals surface area contributed by atoms with Crippen molar-refractivity contribution in [2.75, 3.05) is 6.61 Å². The number of rotatable bonds is 1. The van der Waals surface area contributed by atoms with E-state index < -0.39 is 24.0 Å². The van der Waals surface area contributed by atoms with Crippen LogP contribution < -0.4 is 5.32 Å². The van der Waals surface area contributed by atoms with Crippen LogP contribution in [-0.2, 0) is 14.2 Å². The van der Waals surface area contributed by atoms with E-state index in [1.54, 1.807) is 27.7 Å². The molecule has 92 valence electrons. The lowest BCUT2D eigenvalue weighted by Crippen LogP contribution is -2.51. The van der Waals surface area contributed by atoms with Crippen molar-refractivity contribution in [2.45, 2.75) is 45.4 Å². The molecule has 6 nitrogen and oxygen atoms in total. The fourth-order valence-electron chi connectivity index (χ4n) is 1.18. The Hall–Kier alpha value is -1.46. The second-order valence-electron chi connectivity index (χ2n) is 4.64. The Morgan fingerprint density at radius 1 is 1.50 bits per heavy atom. The van der Waals surface area contributed by atoms with Gasteiger partial charge in [0.05, 0.1) is 0 Å². The number of hydrogen-bond donors (Lipinski definition) is 1. The summed E-state index contributed by atoms with van der Waals surface area (Å²) >= 11 is 0. The van der Waals surface area contributed by atoms with Crippen molar-refractivity contribution in [1.82, 2.24) is 5.32 Å². The first kappa shape index (κ1) is 12.6. The lowest BCUT2D eigenvalue weighted by Gasteiger charge is -2.29. The molecule has 0 aromatic heterocycles. The summed E-state index contributed by atoms with van der Waals surface area (Å²) < 4.78 is 14.5. The summed E-state index contributed by atoms with van der Waals surface area (Å²) in [6, 6.07) is -0.382. The van der Waals surface area contributed by atoms with E-state index in [0.717, 1.165) is 0 Å². The van der Waals surface area contributed by atoms with Gasteiger partial charge in [-0.15, -0.1) is 0 Å². The maximum absolute atomic E-state index is 11.4. The minimum Gasteiger partial charge on any atom is -0.444 e. The van der Waals surface area contributed by atoms with Crippen LogP contribution in [0.15, 0.2) is 0 Å². The van der Waals surface area contributed by atoms with Crippen LogP contribution in [0.2, 0.25) is 0 Å². The van der Waals surface area contributed by atoms with Crippen LogP contribution in [0.4, 0.5) is 9.59 Å². The van der Waals surface area contributed by atoms with Crippen LogP contribution in [0.25, 0.3) is 0 Å². The van der Waals surface area contributed by atoms with Gasteiger partial charge < -0.3 is 19.5 Å². The molecule has 0 aromatic rings. The highest BCUT2D eigenvalue weighted by Crippen LogP contribution is 2.11. The van der Waals surface area contributed by atoms with E-state index >= 15 is 0 Å². The molecule has 0 saturated carbocycles. The Kier molecular flexibility index (Phi) is 3.62. The zero-order valence-electron chi connectivity index (χ0n) is 9.90. The molecule has 16 heavy (non-hydrogen) atoms. The first-order valence-corrected chi connectivity index (χ1v) is 5.11. The van der Waals surface area contributed by atoms with Crippen molar-refractivity contribution < 1.29 is 23.8 Å². The lowest BCUT2D eigenvalue weighted by atomic mass is 10.2. The topological polar surface area (TPSA) is 73.9 Å². The maximum atomic E-state index is 11.4. The Bertz CT molecular complexity index is 283. The summed E-state index contributed by atoms with van der Waals surface area (Å²) in [5.41, 5.74) is -0.556. The molecule has 1 fully saturated rings. The Morgan fingerprint density at radius 2 is 2.12 bits per heavy atom. The predicted molar refractivity (Wildman–Crippen MR) is 55.1 cm³/mol. The maximum Gasteiger partial charge on any atom is 0.508 e. The van der Waals surface area contributed by atoms with Gasteiger partial charge in [0.25, 0.3) is 0 Å². The molecule has 0 aromatic carbocycles. The van der Waals surface area contributed by atoms with Gasteiger partial charge >= 0.3 is 12.2 Å². The van der Waals surface area contributed by atoms with Crippen molar-refractivity contribution in [2.24, 2.45) is 0 Å². The molecule has 1 N–H and O–H groups in total. The fourth-order valence-corrected chi connectivity index (χ4v) is 1.18. The third-order valence-corrected chi connectivity index (χ3v) is 1.93. The largest absolute Gasteiger partial charge is 0.508 e. The van der Waals surface area contributed by atoms with Crippen molar-refractivity contribution >= 4 is 12.2 Å². The van der Waals surface area contributed by atoms with E-state index in [0.29, 0.717) is 0 Å². The number of cyclic esters (lactones) is 2. The number of carbonyl (C=O) groups excluding carboxylic acids is 2. The van der Waals surface area contributed by atoms with Crippen molar-refractivity contribution in [3.63, 3.8) is 0 Å². The third-order valence-electron chi connectivity index (χ3n) is 1.93. The summed E-state index contributed by atoms with van der Waals surface area (Å²) in [4.78, 5) is 22.2. The van der Waals surface area contributed by atoms with Gasteiger partial charge in [-0.3, -0.25) is 0 Å². The quantitative estimate of drug-likeness (QED) is 0.691. The molecule has 1 rings (SSSR count). The number of alkyl carbamates (subject to hydrolysis) is 1. The molecule has 2 atom stereocenters. The normalized spacial score (nSPS) is 25.4. The van der Waals surface area contributed by atoms with Gasteiger partial charge in [-0.1, -0.05) is 0 Å². The molecule has 0 unspecified atom stereocenters. The average Bonchev–Trinajstić information content (AvgIpc) is 2.06.